The normalized spacial score (nSPS) is 14.8. The molecule has 0 atom stereocenters. The van der Waals surface area contributed by atoms with E-state index in [-0.39, 0.29) is 5.69 Å². The number of hydrogen-bond donors (Lipinski definition) is 2. The third kappa shape index (κ3) is 4.70. The lowest BCUT2D eigenvalue weighted by Gasteiger charge is -2.37. The van der Waals surface area contributed by atoms with E-state index in [0.717, 1.165) is 49.9 Å². The van der Waals surface area contributed by atoms with Crippen molar-refractivity contribution < 1.29 is 10.0 Å². The second-order valence-corrected chi connectivity index (χ2v) is 6.56. The molecule has 2 N–H and O–H groups in total. The van der Waals surface area contributed by atoms with Gasteiger partial charge < -0.3 is 20.2 Å². The number of hydrogen-bond acceptors (Lipinski definition) is 5. The first-order valence-electron chi connectivity index (χ1n) is 9.38. The van der Waals surface area contributed by atoms with E-state index in [1.54, 1.807) is 18.2 Å². The fraction of sp³-hybridized carbons (Fsp3) is 0.350. The number of anilines is 1. The fourth-order valence-electron chi connectivity index (χ4n) is 3.25. The van der Waals surface area contributed by atoms with Crippen molar-refractivity contribution in [2.45, 2.75) is 13.5 Å². The smallest absolute Gasteiger partial charge is 0.269 e. The number of piperazine rings is 1. The zero-order valence-corrected chi connectivity index (χ0v) is 15.9. The monoisotopic (exact) mass is 383 g/mol. The molecule has 2 aromatic rings. The number of aliphatic imine (C=N–C) groups is 1. The summed E-state index contributed by atoms with van der Waals surface area (Å²) in [5.74, 6) is 1.09. The van der Waals surface area contributed by atoms with Gasteiger partial charge in [-0.05, 0) is 24.6 Å². The van der Waals surface area contributed by atoms with Crippen LogP contribution in [0.2, 0.25) is 0 Å². The molecule has 0 aliphatic carbocycles. The zero-order chi connectivity index (χ0) is 19.9. The first-order valence-corrected chi connectivity index (χ1v) is 9.38. The van der Waals surface area contributed by atoms with Gasteiger partial charge in [-0.15, -0.1) is 0 Å². The number of nitrogens with one attached hydrogen (secondary N) is 1. The number of benzene rings is 2. The molecule has 0 saturated carbocycles. The van der Waals surface area contributed by atoms with Crippen molar-refractivity contribution >= 4 is 17.3 Å². The van der Waals surface area contributed by atoms with E-state index in [2.05, 4.69) is 20.1 Å². The van der Waals surface area contributed by atoms with Gasteiger partial charge in [0.2, 0.25) is 0 Å². The molecule has 1 fully saturated rings. The van der Waals surface area contributed by atoms with Crippen LogP contribution in [0.25, 0.3) is 0 Å². The van der Waals surface area contributed by atoms with Gasteiger partial charge in [0.05, 0.1) is 17.2 Å². The predicted octanol–water partition coefficient (Wildman–Crippen LogP) is 2.59. The van der Waals surface area contributed by atoms with Crippen LogP contribution in [0.15, 0.2) is 53.5 Å². The number of non-ortho nitro benzene ring substituents is 1. The van der Waals surface area contributed by atoms with Gasteiger partial charge in [-0.2, -0.15) is 0 Å². The van der Waals surface area contributed by atoms with E-state index in [1.165, 1.54) is 6.07 Å². The minimum absolute atomic E-state index is 0.0778. The highest BCUT2D eigenvalue weighted by molar-refractivity contribution is 5.80. The molecule has 1 saturated heterocycles. The molecule has 148 valence electrons. The number of nitrogens with zero attached hydrogens (tertiary/aromatic N) is 4. The van der Waals surface area contributed by atoms with Crippen LogP contribution in [0.5, 0.6) is 5.75 Å². The van der Waals surface area contributed by atoms with Gasteiger partial charge >= 0.3 is 0 Å². The van der Waals surface area contributed by atoms with E-state index in [1.807, 2.05) is 31.2 Å². The molecule has 0 amide bonds. The number of aromatic hydroxyl groups is 1. The average molecular weight is 383 g/mol. The molecule has 0 radical (unpaired) electrons. The highest BCUT2D eigenvalue weighted by Gasteiger charge is 2.21. The van der Waals surface area contributed by atoms with Gasteiger partial charge in [-0.1, -0.05) is 24.3 Å². The van der Waals surface area contributed by atoms with E-state index < -0.39 is 4.92 Å². The Balaban J connectivity index is 1.66. The Labute approximate surface area is 164 Å². The van der Waals surface area contributed by atoms with E-state index in [4.69, 9.17) is 0 Å². The maximum Gasteiger partial charge on any atom is 0.269 e. The van der Waals surface area contributed by atoms with Gasteiger partial charge in [0.15, 0.2) is 5.96 Å². The van der Waals surface area contributed by atoms with Gasteiger partial charge in [0.25, 0.3) is 5.69 Å². The van der Waals surface area contributed by atoms with Gasteiger partial charge in [0, 0.05) is 44.9 Å². The Bertz CT molecular complexity index is 847. The van der Waals surface area contributed by atoms with Crippen LogP contribution in [-0.4, -0.2) is 53.6 Å². The lowest BCUT2D eigenvalue weighted by Crippen LogP contribution is -2.52. The number of nitro groups is 1. The summed E-state index contributed by atoms with van der Waals surface area (Å²) < 4.78 is 0. The molecule has 8 nitrogen and oxygen atoms in total. The zero-order valence-electron chi connectivity index (χ0n) is 15.9. The first kappa shape index (κ1) is 19.5. The van der Waals surface area contributed by atoms with Gasteiger partial charge in [0.1, 0.15) is 5.75 Å². The summed E-state index contributed by atoms with van der Waals surface area (Å²) in [4.78, 5) is 19.6. The molecular formula is C20H25N5O3. The summed E-state index contributed by atoms with van der Waals surface area (Å²) in [6.45, 7) is 6.24. The topological polar surface area (TPSA) is 94.2 Å². The molecule has 0 unspecified atom stereocenters. The van der Waals surface area contributed by atoms with Crippen molar-refractivity contribution in [3.8, 4) is 5.75 Å². The first-order chi connectivity index (χ1) is 13.6. The number of nitro benzene ring substituents is 1. The van der Waals surface area contributed by atoms with Crippen molar-refractivity contribution in [3.63, 3.8) is 0 Å². The van der Waals surface area contributed by atoms with Crippen molar-refractivity contribution in [3.05, 3.63) is 64.2 Å². The Kier molecular flexibility index (Phi) is 6.31. The Morgan fingerprint density at radius 1 is 1.18 bits per heavy atom. The second-order valence-electron chi connectivity index (χ2n) is 6.56. The lowest BCUT2D eigenvalue weighted by molar-refractivity contribution is -0.384. The maximum absolute atomic E-state index is 10.9. The molecule has 0 spiro atoms. The van der Waals surface area contributed by atoms with Crippen LogP contribution in [0.4, 0.5) is 11.4 Å². The second kappa shape index (κ2) is 9.07. The number of guanidine groups is 1. The van der Waals surface area contributed by atoms with Crippen molar-refractivity contribution in [1.82, 2.24) is 10.2 Å². The summed E-state index contributed by atoms with van der Waals surface area (Å²) in [6.07, 6.45) is 0. The molecule has 1 aliphatic rings. The Hall–Kier alpha value is -3.29. The summed E-state index contributed by atoms with van der Waals surface area (Å²) >= 11 is 0. The molecule has 0 bridgehead atoms. The summed E-state index contributed by atoms with van der Waals surface area (Å²) in [7, 11) is 0. The van der Waals surface area contributed by atoms with Crippen LogP contribution >= 0.6 is 0 Å². The summed E-state index contributed by atoms with van der Waals surface area (Å²) in [5, 5.41) is 24.3. The van der Waals surface area contributed by atoms with Crippen molar-refractivity contribution in [2.75, 3.05) is 37.6 Å². The molecular weight excluding hydrogens is 358 g/mol. The van der Waals surface area contributed by atoms with Crippen molar-refractivity contribution in [1.29, 1.82) is 0 Å². The maximum atomic E-state index is 10.9. The number of rotatable bonds is 5. The van der Waals surface area contributed by atoms with Gasteiger partial charge in [-0.3, -0.25) is 10.1 Å². The SMILES string of the molecule is CCNC(=NCc1cccc([N+](=O)[O-])c1)N1CCN(c2ccccc2O)CC1. The molecule has 1 aliphatic heterocycles. The summed E-state index contributed by atoms with van der Waals surface area (Å²) in [5.41, 5.74) is 1.73. The highest BCUT2D eigenvalue weighted by atomic mass is 16.6. The minimum atomic E-state index is -0.392. The van der Waals surface area contributed by atoms with E-state index in [9.17, 15) is 15.2 Å². The average Bonchev–Trinajstić information content (AvgIpc) is 2.72. The van der Waals surface area contributed by atoms with Crippen LogP contribution in [0.3, 0.4) is 0 Å². The van der Waals surface area contributed by atoms with Crippen molar-refractivity contribution in [2.24, 2.45) is 4.99 Å². The quantitative estimate of drug-likeness (QED) is 0.357. The standard InChI is InChI=1S/C20H25N5O3/c1-2-21-20(22-15-16-6-5-7-17(14-16)25(27)28)24-12-10-23(11-13-24)18-8-3-4-9-19(18)26/h3-9,14,26H,2,10-13,15H2,1H3,(H,21,22). The van der Waals surface area contributed by atoms with E-state index >= 15 is 0 Å². The summed E-state index contributed by atoms with van der Waals surface area (Å²) in [6, 6.07) is 13.9. The Morgan fingerprint density at radius 3 is 2.61 bits per heavy atom. The number of phenolic OH excluding ortho intramolecular Hbond substituents is 1. The van der Waals surface area contributed by atoms with Crippen LogP contribution in [0.1, 0.15) is 12.5 Å². The lowest BCUT2D eigenvalue weighted by atomic mass is 10.2. The minimum Gasteiger partial charge on any atom is -0.506 e. The van der Waals surface area contributed by atoms with Crippen LogP contribution in [-0.2, 0) is 6.54 Å². The molecule has 28 heavy (non-hydrogen) atoms. The molecule has 8 heteroatoms. The predicted molar refractivity (Wildman–Crippen MR) is 110 cm³/mol. The van der Waals surface area contributed by atoms with Gasteiger partial charge in [-0.25, -0.2) is 4.99 Å². The molecule has 3 rings (SSSR count). The highest BCUT2D eigenvalue weighted by Crippen LogP contribution is 2.27. The Morgan fingerprint density at radius 2 is 1.93 bits per heavy atom. The van der Waals surface area contributed by atoms with E-state index in [0.29, 0.717) is 12.3 Å². The third-order valence-electron chi connectivity index (χ3n) is 4.67. The number of phenols is 1. The molecule has 1 heterocycles. The molecule has 2 aromatic carbocycles. The van der Waals surface area contributed by atoms with Crippen LogP contribution < -0.4 is 10.2 Å². The molecule has 0 aromatic heterocycles. The van der Waals surface area contributed by atoms with Crippen LogP contribution in [0, 0.1) is 10.1 Å². The largest absolute Gasteiger partial charge is 0.506 e. The number of para-hydroxylation sites is 2. The fourth-order valence-corrected chi connectivity index (χ4v) is 3.25. The third-order valence-corrected chi connectivity index (χ3v) is 4.67.